The molecule has 1 aromatic carbocycles. The van der Waals surface area contributed by atoms with E-state index < -0.39 is 5.41 Å². The lowest BCUT2D eigenvalue weighted by Crippen LogP contribution is -2.43. The number of morpholine rings is 1. The first-order chi connectivity index (χ1) is 13.7. The van der Waals surface area contributed by atoms with E-state index in [1.165, 1.54) is 12.1 Å². The summed E-state index contributed by atoms with van der Waals surface area (Å²) in [6.07, 6.45) is 5.25. The van der Waals surface area contributed by atoms with Gasteiger partial charge in [0.1, 0.15) is 11.6 Å². The van der Waals surface area contributed by atoms with Crippen LogP contribution in [0.3, 0.4) is 0 Å². The van der Waals surface area contributed by atoms with E-state index in [4.69, 9.17) is 4.74 Å². The third kappa shape index (κ3) is 3.74. The Morgan fingerprint density at radius 1 is 1.18 bits per heavy atom. The van der Waals surface area contributed by atoms with Gasteiger partial charge in [-0.3, -0.25) is 4.79 Å². The van der Waals surface area contributed by atoms with Crippen molar-refractivity contribution in [3.63, 3.8) is 0 Å². The molecule has 1 aromatic heterocycles. The number of benzene rings is 1. The molecule has 1 saturated carbocycles. The smallest absolute Gasteiger partial charge is 0.230 e. The van der Waals surface area contributed by atoms with Crippen LogP contribution >= 0.6 is 0 Å². The van der Waals surface area contributed by atoms with Crippen LogP contribution in [0.4, 0.5) is 10.2 Å². The van der Waals surface area contributed by atoms with Crippen LogP contribution in [0, 0.1) is 5.82 Å². The Kier molecular flexibility index (Phi) is 5.57. The monoisotopic (exact) mass is 383 g/mol. The van der Waals surface area contributed by atoms with E-state index in [1.807, 2.05) is 18.2 Å². The third-order valence-electron chi connectivity index (χ3n) is 5.89. The molecule has 1 saturated heterocycles. The highest BCUT2D eigenvalue weighted by Crippen LogP contribution is 2.41. The molecule has 0 radical (unpaired) electrons. The molecule has 1 N–H and O–H groups in total. The summed E-state index contributed by atoms with van der Waals surface area (Å²) >= 11 is 0. The van der Waals surface area contributed by atoms with Gasteiger partial charge in [0.15, 0.2) is 0 Å². The molecule has 1 amide bonds. The number of nitrogens with zero attached hydrogens (tertiary/aromatic N) is 2. The summed E-state index contributed by atoms with van der Waals surface area (Å²) in [4.78, 5) is 20.0. The molecule has 6 heteroatoms. The van der Waals surface area contributed by atoms with Crippen LogP contribution in [-0.2, 0) is 21.5 Å². The highest BCUT2D eigenvalue weighted by atomic mass is 19.1. The van der Waals surface area contributed by atoms with Crippen LogP contribution in [0.15, 0.2) is 42.6 Å². The Hall–Kier alpha value is -2.47. The van der Waals surface area contributed by atoms with Crippen molar-refractivity contribution in [1.29, 1.82) is 0 Å². The molecule has 0 atom stereocenters. The summed E-state index contributed by atoms with van der Waals surface area (Å²) in [6, 6.07) is 10.4. The molecule has 0 unspecified atom stereocenters. The Labute approximate surface area is 164 Å². The van der Waals surface area contributed by atoms with E-state index >= 15 is 0 Å². The molecular formula is C22H26FN3O2. The number of halogens is 1. The Balaban J connectivity index is 1.52. The molecule has 5 nitrogen and oxygen atoms in total. The number of amides is 1. The second-order valence-electron chi connectivity index (χ2n) is 7.57. The zero-order chi connectivity index (χ0) is 19.4. The minimum Gasteiger partial charge on any atom is -0.378 e. The molecule has 148 valence electrons. The average Bonchev–Trinajstić information content (AvgIpc) is 3.24. The van der Waals surface area contributed by atoms with E-state index in [9.17, 15) is 9.18 Å². The van der Waals surface area contributed by atoms with Crippen molar-refractivity contribution in [2.45, 2.75) is 37.6 Å². The topological polar surface area (TPSA) is 54.5 Å². The van der Waals surface area contributed by atoms with Crippen LogP contribution in [0.5, 0.6) is 0 Å². The van der Waals surface area contributed by atoms with Gasteiger partial charge in [0.05, 0.1) is 18.6 Å². The number of aromatic nitrogens is 1. The second-order valence-corrected chi connectivity index (χ2v) is 7.57. The molecule has 0 bridgehead atoms. The number of pyridine rings is 1. The third-order valence-corrected chi connectivity index (χ3v) is 5.89. The number of hydrogen-bond acceptors (Lipinski definition) is 4. The number of nitrogens with one attached hydrogen (secondary N) is 1. The van der Waals surface area contributed by atoms with E-state index in [1.54, 1.807) is 12.3 Å². The molecular weight excluding hydrogens is 357 g/mol. The Morgan fingerprint density at radius 3 is 2.71 bits per heavy atom. The van der Waals surface area contributed by atoms with E-state index in [2.05, 4.69) is 15.2 Å². The lowest BCUT2D eigenvalue weighted by Gasteiger charge is -2.31. The summed E-state index contributed by atoms with van der Waals surface area (Å²) in [5.41, 5.74) is 1.14. The Morgan fingerprint density at radius 2 is 1.96 bits per heavy atom. The minimum atomic E-state index is -0.635. The SMILES string of the molecule is O=C(NCc1cccnc1N1CCOCC1)C1(c2cccc(F)c2)CCCC1. The fourth-order valence-corrected chi connectivity index (χ4v) is 4.38. The molecule has 28 heavy (non-hydrogen) atoms. The van der Waals surface area contributed by atoms with Gasteiger partial charge in [-0.05, 0) is 36.6 Å². The van der Waals surface area contributed by atoms with E-state index in [-0.39, 0.29) is 11.7 Å². The van der Waals surface area contributed by atoms with Crippen molar-refractivity contribution in [1.82, 2.24) is 10.3 Å². The molecule has 1 aliphatic heterocycles. The number of anilines is 1. The zero-order valence-electron chi connectivity index (χ0n) is 16.0. The van der Waals surface area contributed by atoms with E-state index in [0.29, 0.717) is 19.8 Å². The van der Waals surface area contributed by atoms with Crippen LogP contribution in [0.1, 0.15) is 36.8 Å². The van der Waals surface area contributed by atoms with Crippen LogP contribution in [-0.4, -0.2) is 37.2 Å². The molecule has 4 rings (SSSR count). The summed E-state index contributed by atoms with van der Waals surface area (Å²) < 4.78 is 19.2. The van der Waals surface area contributed by atoms with Crippen molar-refractivity contribution in [2.75, 3.05) is 31.2 Å². The minimum absolute atomic E-state index is 0.0209. The zero-order valence-corrected chi connectivity index (χ0v) is 16.0. The molecule has 1 aliphatic carbocycles. The number of rotatable bonds is 5. The predicted molar refractivity (Wildman–Crippen MR) is 106 cm³/mol. The van der Waals surface area contributed by atoms with Crippen molar-refractivity contribution in [2.24, 2.45) is 0 Å². The quantitative estimate of drug-likeness (QED) is 0.862. The summed E-state index contributed by atoms with van der Waals surface area (Å²) in [6.45, 7) is 3.38. The van der Waals surface area contributed by atoms with Crippen LogP contribution < -0.4 is 10.2 Å². The molecule has 2 aromatic rings. The van der Waals surface area contributed by atoms with E-state index in [0.717, 1.165) is 55.7 Å². The Bertz CT molecular complexity index is 830. The number of carbonyl (C=O) groups is 1. The van der Waals surface area contributed by atoms with Gasteiger partial charge in [0.25, 0.3) is 0 Å². The van der Waals surface area contributed by atoms with Crippen molar-refractivity contribution in [3.8, 4) is 0 Å². The van der Waals surface area contributed by atoms with Gasteiger partial charge < -0.3 is 15.0 Å². The normalized spacial score (nSPS) is 18.8. The maximum atomic E-state index is 13.8. The van der Waals surface area contributed by atoms with Crippen molar-refractivity contribution >= 4 is 11.7 Å². The van der Waals surface area contributed by atoms with Crippen LogP contribution in [0.25, 0.3) is 0 Å². The highest BCUT2D eigenvalue weighted by molar-refractivity contribution is 5.88. The standard InChI is InChI=1S/C22H26FN3O2/c23-19-7-3-6-18(15-19)22(8-1-2-9-22)21(27)25-16-17-5-4-10-24-20(17)26-11-13-28-14-12-26/h3-7,10,15H,1-2,8-9,11-14,16H2,(H,25,27). The molecule has 2 fully saturated rings. The molecule has 2 aliphatic rings. The number of carbonyl (C=O) groups excluding carboxylic acids is 1. The maximum absolute atomic E-state index is 13.8. The fraction of sp³-hybridized carbons (Fsp3) is 0.455. The van der Waals surface area contributed by atoms with Gasteiger partial charge in [-0.1, -0.05) is 31.0 Å². The summed E-state index contributed by atoms with van der Waals surface area (Å²) in [7, 11) is 0. The average molecular weight is 383 g/mol. The van der Waals surface area contributed by atoms with Gasteiger partial charge in [-0.15, -0.1) is 0 Å². The number of hydrogen-bond donors (Lipinski definition) is 1. The van der Waals surface area contributed by atoms with Gasteiger partial charge in [0, 0.05) is 31.4 Å². The van der Waals surface area contributed by atoms with Crippen molar-refractivity contribution < 1.29 is 13.9 Å². The van der Waals surface area contributed by atoms with Crippen molar-refractivity contribution in [3.05, 3.63) is 59.5 Å². The lowest BCUT2D eigenvalue weighted by atomic mass is 9.78. The highest BCUT2D eigenvalue weighted by Gasteiger charge is 2.42. The largest absolute Gasteiger partial charge is 0.378 e. The van der Waals surface area contributed by atoms with Gasteiger partial charge in [-0.25, -0.2) is 9.37 Å². The molecule has 2 heterocycles. The van der Waals surface area contributed by atoms with Crippen LogP contribution in [0.2, 0.25) is 0 Å². The van der Waals surface area contributed by atoms with Gasteiger partial charge in [-0.2, -0.15) is 0 Å². The first-order valence-corrected chi connectivity index (χ1v) is 10.00. The predicted octanol–water partition coefficient (Wildman–Crippen LogP) is 3.19. The first kappa shape index (κ1) is 18.9. The van der Waals surface area contributed by atoms with Gasteiger partial charge in [0.2, 0.25) is 5.91 Å². The summed E-state index contributed by atoms with van der Waals surface area (Å²) in [5, 5.41) is 3.12. The lowest BCUT2D eigenvalue weighted by molar-refractivity contribution is -0.126. The molecule has 0 spiro atoms. The second kappa shape index (κ2) is 8.27. The fourth-order valence-electron chi connectivity index (χ4n) is 4.38. The van der Waals surface area contributed by atoms with Gasteiger partial charge >= 0.3 is 0 Å². The first-order valence-electron chi connectivity index (χ1n) is 10.00. The maximum Gasteiger partial charge on any atom is 0.230 e. The summed E-state index contributed by atoms with van der Waals surface area (Å²) in [5.74, 6) is 0.586. The number of ether oxygens (including phenoxy) is 1.